The summed E-state index contributed by atoms with van der Waals surface area (Å²) < 4.78 is 17.3. The number of fused-ring (bicyclic) bond motifs is 1. The first kappa shape index (κ1) is 25.0. The number of benzene rings is 3. The van der Waals surface area contributed by atoms with Crippen LogP contribution in [0.2, 0.25) is 0 Å². The molecule has 0 unspecified atom stereocenters. The fourth-order valence-corrected chi connectivity index (χ4v) is 4.91. The minimum absolute atomic E-state index is 0.246. The Bertz CT molecular complexity index is 1730. The minimum atomic E-state index is -0.420. The molecular formula is C28H23N3O6S. The molecule has 1 aliphatic heterocycles. The summed E-state index contributed by atoms with van der Waals surface area (Å²) in [7, 11) is 4.62. The lowest BCUT2D eigenvalue weighted by Crippen LogP contribution is -2.18. The van der Waals surface area contributed by atoms with E-state index < -0.39 is 4.87 Å². The van der Waals surface area contributed by atoms with E-state index in [1.807, 2.05) is 18.2 Å². The Morgan fingerprint density at radius 2 is 1.68 bits per heavy atom. The molecule has 0 amide bonds. The molecule has 0 fully saturated rings. The number of thiazole rings is 1. The molecule has 0 radical (unpaired) electrons. The van der Waals surface area contributed by atoms with Crippen LogP contribution in [0.4, 0.5) is 5.69 Å². The number of methoxy groups -OCH3 is 3. The third-order valence-corrected chi connectivity index (χ3v) is 6.88. The Kier molecular flexibility index (Phi) is 6.80. The van der Waals surface area contributed by atoms with Crippen LogP contribution < -0.4 is 29.7 Å². The minimum Gasteiger partial charge on any atom is -0.493 e. The van der Waals surface area contributed by atoms with Gasteiger partial charge in [0.25, 0.3) is 0 Å². The zero-order valence-corrected chi connectivity index (χ0v) is 21.6. The van der Waals surface area contributed by atoms with Crippen molar-refractivity contribution in [3.63, 3.8) is 0 Å². The maximum absolute atomic E-state index is 12.6. The molecule has 1 aliphatic rings. The summed E-state index contributed by atoms with van der Waals surface area (Å²) in [4.78, 5) is 34.3. The van der Waals surface area contributed by atoms with Gasteiger partial charge in [-0.25, -0.2) is 9.98 Å². The van der Waals surface area contributed by atoms with E-state index in [9.17, 15) is 14.7 Å². The summed E-state index contributed by atoms with van der Waals surface area (Å²) in [5, 5.41) is 12.1. The number of ketones is 1. The number of carbonyl (C=O) groups is 1. The molecule has 192 valence electrons. The van der Waals surface area contributed by atoms with Crippen LogP contribution in [0.3, 0.4) is 0 Å². The summed E-state index contributed by atoms with van der Waals surface area (Å²) in [6.07, 6.45) is 1.68. The fourth-order valence-electron chi connectivity index (χ4n) is 4.06. The molecular weight excluding hydrogens is 506 g/mol. The Morgan fingerprint density at radius 3 is 2.34 bits per heavy atom. The number of carbonyl (C=O) groups excluding carboxylic acids is 1. The molecule has 0 atom stereocenters. The number of hydrogen-bond acceptors (Lipinski definition) is 9. The number of hydrogen-bond donors (Lipinski definition) is 1. The number of rotatable bonds is 8. The first-order valence-corrected chi connectivity index (χ1v) is 12.3. The van der Waals surface area contributed by atoms with Crippen LogP contribution in [0, 0.1) is 0 Å². The zero-order valence-electron chi connectivity index (χ0n) is 20.8. The molecule has 1 aromatic heterocycles. The van der Waals surface area contributed by atoms with Crippen LogP contribution >= 0.6 is 11.3 Å². The number of amidine groups is 1. The van der Waals surface area contributed by atoms with Crippen molar-refractivity contribution in [3.05, 3.63) is 96.9 Å². The second-order valence-corrected chi connectivity index (χ2v) is 9.28. The Hall–Kier alpha value is -4.70. The second-order valence-electron chi connectivity index (χ2n) is 8.28. The highest BCUT2D eigenvalue weighted by atomic mass is 32.1. The van der Waals surface area contributed by atoms with Crippen LogP contribution in [0.5, 0.6) is 23.1 Å². The summed E-state index contributed by atoms with van der Waals surface area (Å²) in [5.74, 6) is 1.42. The average Bonchev–Trinajstić information content (AvgIpc) is 3.48. The van der Waals surface area contributed by atoms with Gasteiger partial charge in [0.15, 0.2) is 23.1 Å². The number of aliphatic imine (C=N–C) groups is 1. The first-order chi connectivity index (χ1) is 18.4. The monoisotopic (exact) mass is 529 g/mol. The topological polar surface area (TPSA) is 112 Å². The second kappa shape index (κ2) is 10.3. The predicted molar refractivity (Wildman–Crippen MR) is 144 cm³/mol. The van der Waals surface area contributed by atoms with Crippen molar-refractivity contribution in [2.24, 2.45) is 9.98 Å². The van der Waals surface area contributed by atoms with E-state index >= 15 is 0 Å². The summed E-state index contributed by atoms with van der Waals surface area (Å²) >= 11 is 0.866. The van der Waals surface area contributed by atoms with Gasteiger partial charge in [-0.05, 0) is 35.6 Å². The van der Waals surface area contributed by atoms with Gasteiger partial charge in [0.2, 0.25) is 11.6 Å². The van der Waals surface area contributed by atoms with Crippen molar-refractivity contribution in [2.75, 3.05) is 21.3 Å². The summed E-state index contributed by atoms with van der Waals surface area (Å²) in [5.41, 5.74) is 1.80. The highest BCUT2D eigenvalue weighted by Gasteiger charge is 2.19. The van der Waals surface area contributed by atoms with E-state index in [1.54, 1.807) is 62.8 Å². The predicted octanol–water partition coefficient (Wildman–Crippen LogP) is 3.06. The maximum Gasteiger partial charge on any atom is 0.311 e. The van der Waals surface area contributed by atoms with E-state index in [1.165, 1.54) is 7.11 Å². The Balaban J connectivity index is 1.46. The highest BCUT2D eigenvalue weighted by Crippen LogP contribution is 2.38. The third kappa shape index (κ3) is 4.69. The molecule has 0 saturated heterocycles. The lowest BCUT2D eigenvalue weighted by atomic mass is 10.1. The number of aromatic nitrogens is 1. The van der Waals surface area contributed by atoms with Gasteiger partial charge in [-0.1, -0.05) is 47.7 Å². The van der Waals surface area contributed by atoms with Gasteiger partial charge < -0.3 is 19.3 Å². The molecule has 0 spiro atoms. The number of nitrogens with zero attached hydrogens (tertiary/aromatic N) is 3. The molecule has 0 bridgehead atoms. The van der Waals surface area contributed by atoms with Crippen LogP contribution in [0.25, 0.3) is 6.08 Å². The first-order valence-electron chi connectivity index (χ1n) is 11.5. The van der Waals surface area contributed by atoms with Crippen molar-refractivity contribution in [1.82, 2.24) is 4.57 Å². The molecule has 1 N–H and O–H groups in total. The van der Waals surface area contributed by atoms with Crippen molar-refractivity contribution in [1.29, 1.82) is 0 Å². The summed E-state index contributed by atoms with van der Waals surface area (Å²) in [6.45, 7) is -0.246. The Labute approximate surface area is 221 Å². The van der Waals surface area contributed by atoms with Crippen LogP contribution in [0.15, 0.2) is 75.4 Å². The van der Waals surface area contributed by atoms with Gasteiger partial charge in [0, 0.05) is 11.1 Å². The standard InChI is InChI=1S/C28H23N3O6S/c1-35-22-13-18(14-23(36-2)25(22)37-3)26-29-19-10-9-16(11-20(19)30-26)12-24-27(33)31(28(34)38-24)15-21(32)17-7-5-4-6-8-17/h4-14,33H,15H2,1-3H3/b16-12+. The molecule has 0 saturated carbocycles. The van der Waals surface area contributed by atoms with E-state index in [0.717, 1.165) is 15.9 Å². The third-order valence-electron chi connectivity index (χ3n) is 5.96. The number of aromatic hydroxyl groups is 1. The molecule has 4 aromatic rings. The molecule has 2 heterocycles. The largest absolute Gasteiger partial charge is 0.493 e. The lowest BCUT2D eigenvalue weighted by Gasteiger charge is -2.13. The van der Waals surface area contributed by atoms with Gasteiger partial charge >= 0.3 is 4.87 Å². The van der Waals surface area contributed by atoms with E-state index in [4.69, 9.17) is 14.2 Å². The van der Waals surface area contributed by atoms with Crippen LogP contribution in [-0.2, 0) is 6.54 Å². The van der Waals surface area contributed by atoms with Crippen LogP contribution in [-0.4, -0.2) is 42.6 Å². The smallest absolute Gasteiger partial charge is 0.311 e. The lowest BCUT2D eigenvalue weighted by molar-refractivity contribution is 0.0968. The molecule has 0 aliphatic carbocycles. The average molecular weight is 530 g/mol. The highest BCUT2D eigenvalue weighted by molar-refractivity contribution is 7.10. The van der Waals surface area contributed by atoms with Crippen molar-refractivity contribution in [2.45, 2.75) is 6.54 Å². The van der Waals surface area contributed by atoms with Gasteiger partial charge in [0.1, 0.15) is 0 Å². The van der Waals surface area contributed by atoms with Gasteiger partial charge in [-0.2, -0.15) is 0 Å². The zero-order chi connectivity index (χ0) is 26.8. The van der Waals surface area contributed by atoms with Crippen LogP contribution in [0.1, 0.15) is 20.8 Å². The van der Waals surface area contributed by atoms with Gasteiger partial charge in [-0.15, -0.1) is 0 Å². The maximum atomic E-state index is 12.6. The molecule has 3 aromatic carbocycles. The molecule has 38 heavy (non-hydrogen) atoms. The van der Waals surface area contributed by atoms with E-state index in [-0.39, 0.29) is 18.2 Å². The van der Waals surface area contributed by atoms with Crippen molar-refractivity contribution >= 4 is 34.7 Å². The SMILES string of the molecule is COc1cc(C2=Nc3c/c(=C/c4sc(=O)n(CC(=O)c5ccccc5)c4O)ccc3=N2)cc(OC)c1OC. The molecule has 5 rings (SSSR count). The Morgan fingerprint density at radius 1 is 0.974 bits per heavy atom. The van der Waals surface area contributed by atoms with Crippen molar-refractivity contribution < 1.29 is 24.1 Å². The fraction of sp³-hybridized carbons (Fsp3) is 0.143. The number of ether oxygens (including phenoxy) is 3. The van der Waals surface area contributed by atoms with E-state index in [2.05, 4.69) is 9.98 Å². The van der Waals surface area contributed by atoms with Gasteiger partial charge in [0.05, 0.1) is 43.8 Å². The number of Topliss-reactive ketones (excluding diaryl/α,β-unsaturated/α-hetero) is 1. The molecule has 10 heteroatoms. The summed E-state index contributed by atoms with van der Waals surface area (Å²) in [6, 6.07) is 17.6. The molecule has 9 nitrogen and oxygen atoms in total. The normalized spacial score (nSPS) is 12.5. The quantitative estimate of drug-likeness (QED) is 0.351. The van der Waals surface area contributed by atoms with E-state index in [0.29, 0.717) is 55.4 Å². The van der Waals surface area contributed by atoms with Crippen molar-refractivity contribution in [3.8, 4) is 23.1 Å². The van der Waals surface area contributed by atoms with Gasteiger partial charge in [-0.3, -0.25) is 14.2 Å².